The first-order chi connectivity index (χ1) is 16.2. The summed E-state index contributed by atoms with van der Waals surface area (Å²) in [7, 11) is 0. The molecule has 0 spiro atoms. The van der Waals surface area contributed by atoms with Gasteiger partial charge in [0.15, 0.2) is 11.0 Å². The van der Waals surface area contributed by atoms with Crippen molar-refractivity contribution in [2.45, 2.75) is 38.3 Å². The highest BCUT2D eigenvalue weighted by atomic mass is 79.9. The minimum absolute atomic E-state index is 0.0758. The minimum atomic E-state index is -0.103. The molecule has 0 atom stereocenters. The molecule has 0 aliphatic heterocycles. The molecule has 5 nitrogen and oxygen atoms in total. The predicted molar refractivity (Wildman–Crippen MR) is 144 cm³/mol. The van der Waals surface area contributed by atoms with E-state index in [0.717, 1.165) is 32.8 Å². The maximum atomic E-state index is 12.7. The number of aryl methyl sites for hydroxylation is 1. The Morgan fingerprint density at radius 2 is 1.71 bits per heavy atom. The summed E-state index contributed by atoms with van der Waals surface area (Å²) >= 11 is 4.88. The SMILES string of the molecule is Cc1ccc(NC(=O)CSc2nnc(-c3ccc(C(C)(C)C)cc3)n2-c2ccccc2)c(Br)c1. The number of amides is 1. The van der Waals surface area contributed by atoms with Crippen LogP contribution >= 0.6 is 27.7 Å². The molecule has 3 aromatic carbocycles. The monoisotopic (exact) mass is 534 g/mol. The van der Waals surface area contributed by atoms with E-state index >= 15 is 0 Å². The van der Waals surface area contributed by atoms with Gasteiger partial charge in [0.25, 0.3) is 0 Å². The normalized spacial score (nSPS) is 11.4. The molecular weight excluding hydrogens is 508 g/mol. The van der Waals surface area contributed by atoms with Crippen LogP contribution in [-0.2, 0) is 10.2 Å². The van der Waals surface area contributed by atoms with Crippen molar-refractivity contribution in [3.63, 3.8) is 0 Å². The van der Waals surface area contributed by atoms with Gasteiger partial charge in [-0.05, 0) is 63.7 Å². The van der Waals surface area contributed by atoms with Crippen LogP contribution in [0.15, 0.2) is 82.4 Å². The average Bonchev–Trinajstić information content (AvgIpc) is 3.24. The zero-order chi connectivity index (χ0) is 24.3. The smallest absolute Gasteiger partial charge is 0.234 e. The van der Waals surface area contributed by atoms with Gasteiger partial charge in [-0.2, -0.15) is 0 Å². The highest BCUT2D eigenvalue weighted by Crippen LogP contribution is 2.30. The molecule has 0 saturated heterocycles. The quantitative estimate of drug-likeness (QED) is 0.269. The topological polar surface area (TPSA) is 59.8 Å². The lowest BCUT2D eigenvalue weighted by molar-refractivity contribution is -0.113. The van der Waals surface area contributed by atoms with Crippen LogP contribution < -0.4 is 5.32 Å². The van der Waals surface area contributed by atoms with E-state index in [9.17, 15) is 4.79 Å². The maximum Gasteiger partial charge on any atom is 0.234 e. The molecule has 0 aliphatic rings. The fourth-order valence-corrected chi connectivity index (χ4v) is 4.86. The van der Waals surface area contributed by atoms with Crippen molar-refractivity contribution < 1.29 is 4.79 Å². The summed E-state index contributed by atoms with van der Waals surface area (Å²) in [6.45, 7) is 8.60. The zero-order valence-corrected chi connectivity index (χ0v) is 22.1. The van der Waals surface area contributed by atoms with Crippen LogP contribution in [0.1, 0.15) is 31.9 Å². The molecule has 0 radical (unpaired) electrons. The second-order valence-electron chi connectivity index (χ2n) is 9.12. The van der Waals surface area contributed by atoms with E-state index in [-0.39, 0.29) is 17.1 Å². The lowest BCUT2D eigenvalue weighted by Gasteiger charge is -2.19. The number of hydrogen-bond donors (Lipinski definition) is 1. The van der Waals surface area contributed by atoms with E-state index in [0.29, 0.717) is 5.16 Å². The molecule has 0 bridgehead atoms. The van der Waals surface area contributed by atoms with Crippen molar-refractivity contribution in [3.8, 4) is 17.1 Å². The summed E-state index contributed by atoms with van der Waals surface area (Å²) in [5.74, 6) is 0.859. The van der Waals surface area contributed by atoms with Gasteiger partial charge in [0, 0.05) is 15.7 Å². The number of benzene rings is 3. The van der Waals surface area contributed by atoms with Crippen molar-refractivity contribution in [1.82, 2.24) is 14.8 Å². The van der Waals surface area contributed by atoms with Gasteiger partial charge in [0.05, 0.1) is 11.4 Å². The first kappa shape index (κ1) is 24.2. The third-order valence-corrected chi connectivity index (χ3v) is 6.97. The summed E-state index contributed by atoms with van der Waals surface area (Å²) in [6, 6.07) is 24.3. The van der Waals surface area contributed by atoms with Crippen LogP contribution in [0.2, 0.25) is 0 Å². The van der Waals surface area contributed by atoms with Crippen LogP contribution in [0.3, 0.4) is 0 Å². The number of hydrogen-bond acceptors (Lipinski definition) is 4. The number of halogens is 1. The molecule has 4 aromatic rings. The Labute approximate surface area is 213 Å². The number of aromatic nitrogens is 3. The summed E-state index contributed by atoms with van der Waals surface area (Å²) < 4.78 is 2.87. The zero-order valence-electron chi connectivity index (χ0n) is 19.7. The molecule has 0 aliphatic carbocycles. The van der Waals surface area contributed by atoms with Gasteiger partial charge in [-0.15, -0.1) is 10.2 Å². The summed E-state index contributed by atoms with van der Waals surface area (Å²) in [5, 5.41) is 12.6. The van der Waals surface area contributed by atoms with Crippen molar-refractivity contribution in [2.24, 2.45) is 0 Å². The number of thioether (sulfide) groups is 1. The molecule has 174 valence electrons. The molecule has 7 heteroatoms. The molecule has 0 unspecified atom stereocenters. The van der Waals surface area contributed by atoms with Gasteiger partial charge in [0.1, 0.15) is 0 Å². The van der Waals surface area contributed by atoms with Crippen molar-refractivity contribution in [2.75, 3.05) is 11.1 Å². The fraction of sp³-hybridized carbons (Fsp3) is 0.222. The number of nitrogens with one attached hydrogen (secondary N) is 1. The largest absolute Gasteiger partial charge is 0.324 e. The first-order valence-electron chi connectivity index (χ1n) is 11.0. The summed E-state index contributed by atoms with van der Waals surface area (Å²) in [4.78, 5) is 12.7. The van der Waals surface area contributed by atoms with Gasteiger partial charge >= 0.3 is 0 Å². The molecule has 1 aromatic heterocycles. The third-order valence-electron chi connectivity index (χ3n) is 5.39. The minimum Gasteiger partial charge on any atom is -0.324 e. The van der Waals surface area contributed by atoms with E-state index in [1.54, 1.807) is 0 Å². The van der Waals surface area contributed by atoms with E-state index in [1.807, 2.05) is 60.0 Å². The Balaban J connectivity index is 1.59. The highest BCUT2D eigenvalue weighted by Gasteiger charge is 2.19. The van der Waals surface area contributed by atoms with E-state index in [2.05, 4.69) is 76.5 Å². The van der Waals surface area contributed by atoms with Crippen LogP contribution in [0.4, 0.5) is 5.69 Å². The molecule has 1 amide bonds. The van der Waals surface area contributed by atoms with Gasteiger partial charge in [-0.25, -0.2) is 0 Å². The predicted octanol–water partition coefficient (Wildman–Crippen LogP) is 7.03. The van der Waals surface area contributed by atoms with Crippen molar-refractivity contribution in [3.05, 3.63) is 88.4 Å². The molecule has 1 heterocycles. The number of para-hydroxylation sites is 1. The summed E-state index contributed by atoms with van der Waals surface area (Å²) in [5.41, 5.74) is 5.14. The third kappa shape index (κ3) is 5.59. The van der Waals surface area contributed by atoms with E-state index in [1.165, 1.54) is 17.3 Å². The van der Waals surface area contributed by atoms with Gasteiger partial charge in [-0.3, -0.25) is 9.36 Å². The van der Waals surface area contributed by atoms with Gasteiger partial charge in [-0.1, -0.05) is 81.1 Å². The average molecular weight is 536 g/mol. The summed E-state index contributed by atoms with van der Waals surface area (Å²) in [6.07, 6.45) is 0. The Bertz CT molecular complexity index is 1290. The van der Waals surface area contributed by atoms with E-state index in [4.69, 9.17) is 0 Å². The van der Waals surface area contributed by atoms with Crippen molar-refractivity contribution in [1.29, 1.82) is 0 Å². The number of carbonyl (C=O) groups excluding carboxylic acids is 1. The maximum absolute atomic E-state index is 12.7. The Morgan fingerprint density at radius 3 is 2.35 bits per heavy atom. The molecule has 34 heavy (non-hydrogen) atoms. The number of nitrogens with zero attached hydrogens (tertiary/aromatic N) is 3. The first-order valence-corrected chi connectivity index (χ1v) is 12.8. The molecular formula is C27H27BrN4OS. The van der Waals surface area contributed by atoms with Crippen LogP contribution in [-0.4, -0.2) is 26.4 Å². The fourth-order valence-electron chi connectivity index (χ4n) is 3.52. The van der Waals surface area contributed by atoms with Crippen molar-refractivity contribution >= 4 is 39.3 Å². The Morgan fingerprint density at radius 1 is 1.00 bits per heavy atom. The van der Waals surface area contributed by atoms with Gasteiger partial charge < -0.3 is 5.32 Å². The standard InChI is InChI=1S/C27H27BrN4OS/c1-18-10-15-23(22(28)16-18)29-24(33)17-34-26-31-30-25(32(26)21-8-6-5-7-9-21)19-11-13-20(14-12-19)27(2,3)4/h5-16H,17H2,1-4H3,(H,29,33). The molecule has 1 N–H and O–H groups in total. The number of anilines is 1. The highest BCUT2D eigenvalue weighted by molar-refractivity contribution is 9.10. The molecule has 0 fully saturated rings. The molecule has 4 rings (SSSR count). The Kier molecular flexibility index (Phi) is 7.24. The second kappa shape index (κ2) is 10.2. The van der Waals surface area contributed by atoms with E-state index < -0.39 is 0 Å². The van der Waals surface area contributed by atoms with Gasteiger partial charge in [0.2, 0.25) is 5.91 Å². The lowest BCUT2D eigenvalue weighted by atomic mass is 9.87. The number of rotatable bonds is 6. The second-order valence-corrected chi connectivity index (χ2v) is 10.9. The lowest BCUT2D eigenvalue weighted by Crippen LogP contribution is -2.15. The van der Waals surface area contributed by atoms with Crippen LogP contribution in [0.25, 0.3) is 17.1 Å². The number of carbonyl (C=O) groups is 1. The Hall–Kier alpha value is -2.90. The molecule has 0 saturated carbocycles. The van der Waals surface area contributed by atoms with Crippen LogP contribution in [0, 0.1) is 6.92 Å². The van der Waals surface area contributed by atoms with Crippen LogP contribution in [0.5, 0.6) is 0 Å².